The zero-order chi connectivity index (χ0) is 43.5. The van der Waals surface area contributed by atoms with Gasteiger partial charge >= 0.3 is 0 Å². The van der Waals surface area contributed by atoms with Crippen molar-refractivity contribution >= 4 is 53.9 Å². The van der Waals surface area contributed by atoms with E-state index in [1.807, 2.05) is 0 Å². The molecular formula is C62H56. The number of hydrogen-bond donors (Lipinski definition) is 0. The molecule has 0 radical (unpaired) electrons. The van der Waals surface area contributed by atoms with Crippen LogP contribution in [0, 0.1) is 83.1 Å². The lowest BCUT2D eigenvalue weighted by Crippen LogP contribution is -2.03. The van der Waals surface area contributed by atoms with Crippen LogP contribution in [0.15, 0.2) is 121 Å². The van der Waals surface area contributed by atoms with Crippen LogP contribution < -0.4 is 0 Å². The maximum Gasteiger partial charge on any atom is -0.0000973 e. The third-order valence-corrected chi connectivity index (χ3v) is 13.8. The van der Waals surface area contributed by atoms with Gasteiger partial charge in [0.1, 0.15) is 0 Å². The summed E-state index contributed by atoms with van der Waals surface area (Å²) in [6, 6.07) is 47.2. The van der Waals surface area contributed by atoms with Crippen molar-refractivity contribution < 1.29 is 0 Å². The summed E-state index contributed by atoms with van der Waals surface area (Å²) in [5, 5.41) is 12.9. The van der Waals surface area contributed by atoms with Crippen LogP contribution in [0.1, 0.15) is 66.8 Å². The van der Waals surface area contributed by atoms with Gasteiger partial charge in [0.25, 0.3) is 0 Å². The first kappa shape index (κ1) is 39.6. The molecule has 0 amide bonds. The Bertz CT molecular complexity index is 3010. The van der Waals surface area contributed by atoms with Crippen molar-refractivity contribution in [1.29, 1.82) is 0 Å². The normalized spacial score (nSPS) is 11.9. The van der Waals surface area contributed by atoms with E-state index in [-0.39, 0.29) is 0 Å². The summed E-state index contributed by atoms with van der Waals surface area (Å²) in [4.78, 5) is 0. The van der Waals surface area contributed by atoms with Crippen LogP contribution in [-0.4, -0.2) is 0 Å². The molecule has 0 atom stereocenters. The van der Waals surface area contributed by atoms with Crippen molar-refractivity contribution in [2.45, 2.75) is 83.1 Å². The predicted molar refractivity (Wildman–Crippen MR) is 273 cm³/mol. The van der Waals surface area contributed by atoms with Crippen LogP contribution in [0.2, 0.25) is 0 Å². The molecule has 0 heterocycles. The van der Waals surface area contributed by atoms with Gasteiger partial charge in [0, 0.05) is 0 Å². The molecule has 0 heteroatoms. The van der Waals surface area contributed by atoms with E-state index < -0.39 is 0 Å². The summed E-state index contributed by atoms with van der Waals surface area (Å²) < 4.78 is 0. The van der Waals surface area contributed by atoms with Crippen molar-refractivity contribution in [2.75, 3.05) is 0 Å². The van der Waals surface area contributed by atoms with Gasteiger partial charge in [-0.3, -0.25) is 0 Å². The number of hydrogen-bond acceptors (Lipinski definition) is 0. The summed E-state index contributed by atoms with van der Waals surface area (Å²) >= 11 is 0. The van der Waals surface area contributed by atoms with Crippen molar-refractivity contribution in [1.82, 2.24) is 0 Å². The Hall–Kier alpha value is -6.50. The number of fused-ring (bicyclic) bond motifs is 5. The maximum absolute atomic E-state index is 2.52. The van der Waals surface area contributed by atoms with E-state index in [4.69, 9.17) is 0 Å². The molecule has 0 aliphatic carbocycles. The molecule has 0 bridgehead atoms. The fourth-order valence-corrected chi connectivity index (χ4v) is 11.9. The van der Waals surface area contributed by atoms with Crippen molar-refractivity contribution in [3.8, 4) is 44.5 Å². The van der Waals surface area contributed by atoms with Crippen molar-refractivity contribution in [3.63, 3.8) is 0 Å². The molecule has 0 unspecified atom stereocenters. The highest BCUT2D eigenvalue weighted by Crippen LogP contribution is 2.57. The minimum Gasteiger partial charge on any atom is -0.0616 e. The van der Waals surface area contributed by atoms with Gasteiger partial charge in [-0.1, -0.05) is 119 Å². The highest BCUT2D eigenvalue weighted by atomic mass is 14.3. The fourth-order valence-electron chi connectivity index (χ4n) is 11.9. The zero-order valence-corrected chi connectivity index (χ0v) is 38.5. The van der Waals surface area contributed by atoms with Gasteiger partial charge in [-0.25, -0.2) is 0 Å². The average molecular weight is 801 g/mol. The molecule has 0 fully saturated rings. The number of rotatable bonds is 4. The molecule has 0 aliphatic heterocycles. The van der Waals surface area contributed by atoms with Crippen LogP contribution in [0.4, 0.5) is 0 Å². The minimum absolute atomic E-state index is 1.26. The summed E-state index contributed by atoms with van der Waals surface area (Å²) in [5.74, 6) is 0. The summed E-state index contributed by atoms with van der Waals surface area (Å²) in [6.45, 7) is 27.6. The largest absolute Gasteiger partial charge is 0.0616 e. The summed E-state index contributed by atoms with van der Waals surface area (Å²) in [5.41, 5.74) is 26.2. The van der Waals surface area contributed by atoms with E-state index in [1.54, 1.807) is 0 Å². The lowest BCUT2D eigenvalue weighted by molar-refractivity contribution is 1.32. The Labute approximate surface area is 367 Å². The third-order valence-electron chi connectivity index (χ3n) is 13.8. The molecule has 0 saturated carbocycles. The quantitative estimate of drug-likeness (QED) is 0.156. The van der Waals surface area contributed by atoms with E-state index in [1.165, 1.54) is 165 Å². The van der Waals surface area contributed by atoms with Crippen LogP contribution in [0.3, 0.4) is 0 Å². The Morgan fingerprint density at radius 2 is 0.387 bits per heavy atom. The van der Waals surface area contributed by atoms with E-state index in [9.17, 15) is 0 Å². The van der Waals surface area contributed by atoms with Crippen LogP contribution in [0.5, 0.6) is 0 Å². The molecular weight excluding hydrogens is 745 g/mol. The van der Waals surface area contributed by atoms with Gasteiger partial charge < -0.3 is 0 Å². The van der Waals surface area contributed by atoms with E-state index >= 15 is 0 Å². The molecule has 0 aliphatic rings. The molecule has 0 N–H and O–H groups in total. The second kappa shape index (κ2) is 14.6. The molecule has 62 heavy (non-hydrogen) atoms. The lowest BCUT2D eigenvalue weighted by atomic mass is 9.73. The van der Waals surface area contributed by atoms with Gasteiger partial charge in [0.15, 0.2) is 0 Å². The Kier molecular flexibility index (Phi) is 9.31. The van der Waals surface area contributed by atoms with E-state index in [2.05, 4.69) is 204 Å². The second-order valence-electron chi connectivity index (χ2n) is 18.8. The van der Waals surface area contributed by atoms with Crippen molar-refractivity contribution in [3.05, 3.63) is 188 Å². The van der Waals surface area contributed by atoms with Crippen molar-refractivity contribution in [2.24, 2.45) is 0 Å². The molecule has 0 nitrogen and oxygen atoms in total. The van der Waals surface area contributed by atoms with Crippen LogP contribution in [-0.2, 0) is 0 Å². The molecule has 10 aromatic rings. The molecule has 0 spiro atoms. The van der Waals surface area contributed by atoms with Gasteiger partial charge in [-0.05, 0) is 250 Å². The van der Waals surface area contributed by atoms with E-state index in [0.29, 0.717) is 0 Å². The summed E-state index contributed by atoms with van der Waals surface area (Å²) in [6.07, 6.45) is 0. The van der Waals surface area contributed by atoms with Crippen LogP contribution in [0.25, 0.3) is 98.4 Å². The first-order chi connectivity index (χ1) is 29.7. The van der Waals surface area contributed by atoms with E-state index in [0.717, 1.165) is 0 Å². The standard InChI is InChI=1S/C62H56/c1-33-21-37(5)53(38(6)22-33)57-49-29-45-17-13-14-18-46(45)30-50(49)59(55-41(9)25-35(3)26-42(55)10)62-60(56-43(11)27-36(4)28-44(56)12)52-32-48-20-16-15-19-47(48)31-51(52)58(61(57)62)54-39(7)23-34(2)24-40(54)8/h13-32H,1-12H3. The third kappa shape index (κ3) is 6.10. The minimum atomic E-state index is 1.26. The smallest absolute Gasteiger partial charge is 0.0000973 e. The second-order valence-corrected chi connectivity index (χ2v) is 18.8. The molecule has 0 saturated heterocycles. The first-order valence-electron chi connectivity index (χ1n) is 22.3. The summed E-state index contributed by atoms with van der Waals surface area (Å²) in [7, 11) is 0. The Balaban J connectivity index is 1.69. The number of aryl methyl sites for hydroxylation is 12. The van der Waals surface area contributed by atoms with Crippen LogP contribution >= 0.6 is 0 Å². The molecule has 304 valence electrons. The lowest BCUT2D eigenvalue weighted by Gasteiger charge is -2.29. The highest BCUT2D eigenvalue weighted by Gasteiger charge is 2.30. The average Bonchev–Trinajstić information content (AvgIpc) is 3.19. The Morgan fingerprint density at radius 3 is 0.565 bits per heavy atom. The first-order valence-corrected chi connectivity index (χ1v) is 22.3. The van der Waals surface area contributed by atoms with Gasteiger partial charge in [-0.15, -0.1) is 0 Å². The molecule has 10 aromatic carbocycles. The monoisotopic (exact) mass is 800 g/mol. The molecule has 0 aromatic heterocycles. The predicted octanol–water partition coefficient (Wildman–Crippen LogP) is 17.8. The topological polar surface area (TPSA) is 0 Å². The fraction of sp³-hybridized carbons (Fsp3) is 0.194. The highest BCUT2D eigenvalue weighted by molar-refractivity contribution is 6.36. The maximum atomic E-state index is 2.52. The SMILES string of the molecule is Cc1cc(C)c(-c2c3cc4ccccc4cc3c(-c3c(C)cc(C)cc3C)c3c(-c4c(C)cc(C)cc4C)c4cc5ccccc5cc4c(-c4c(C)cc(C)cc4C)c23)c(C)c1. The van der Waals surface area contributed by atoms with Gasteiger partial charge in [0.2, 0.25) is 0 Å². The van der Waals surface area contributed by atoms with Gasteiger partial charge in [-0.2, -0.15) is 0 Å². The molecule has 10 rings (SSSR count). The number of benzene rings is 10. The Morgan fingerprint density at radius 1 is 0.210 bits per heavy atom. The van der Waals surface area contributed by atoms with Gasteiger partial charge in [0.05, 0.1) is 0 Å². The zero-order valence-electron chi connectivity index (χ0n) is 38.5.